The molecule has 1 aromatic carbocycles. The molecule has 0 atom stereocenters. The van der Waals surface area contributed by atoms with Crippen molar-refractivity contribution in [3.63, 3.8) is 0 Å². The van der Waals surface area contributed by atoms with Gasteiger partial charge in [0.05, 0.1) is 0 Å². The van der Waals surface area contributed by atoms with Gasteiger partial charge in [0, 0.05) is 30.1 Å². The molecule has 2 aromatic rings. The van der Waals surface area contributed by atoms with Gasteiger partial charge < -0.3 is 9.88 Å². The average molecular weight is 326 g/mol. The predicted molar refractivity (Wildman–Crippen MR) is 95.7 cm³/mol. The molecule has 1 aromatic heterocycles. The third-order valence-electron chi connectivity index (χ3n) is 4.85. The van der Waals surface area contributed by atoms with E-state index >= 15 is 0 Å². The van der Waals surface area contributed by atoms with Gasteiger partial charge in [-0.3, -0.25) is 4.79 Å². The van der Waals surface area contributed by atoms with E-state index < -0.39 is 0 Å². The minimum absolute atomic E-state index is 0.0676. The van der Waals surface area contributed by atoms with Crippen LogP contribution in [0.1, 0.15) is 51.8 Å². The van der Waals surface area contributed by atoms with Gasteiger partial charge in [-0.1, -0.05) is 32.4 Å². The lowest BCUT2D eigenvalue weighted by molar-refractivity contribution is -0.120. The van der Waals surface area contributed by atoms with Gasteiger partial charge in [0.2, 0.25) is 5.91 Å². The Morgan fingerprint density at radius 2 is 2.04 bits per heavy atom. The second-order valence-corrected chi connectivity index (χ2v) is 6.49. The molecule has 0 saturated heterocycles. The second-order valence-electron chi connectivity index (χ2n) is 6.49. The van der Waals surface area contributed by atoms with Crippen molar-refractivity contribution in [1.82, 2.24) is 14.8 Å². The molecule has 24 heavy (non-hydrogen) atoms. The Morgan fingerprint density at radius 3 is 2.83 bits per heavy atom. The van der Waals surface area contributed by atoms with Crippen LogP contribution in [-0.2, 0) is 17.8 Å². The first kappa shape index (κ1) is 16.7. The molecule has 5 nitrogen and oxygen atoms in total. The van der Waals surface area contributed by atoms with Crippen LogP contribution in [0.5, 0.6) is 0 Å². The Balaban J connectivity index is 1.84. The van der Waals surface area contributed by atoms with Crippen LogP contribution in [0.3, 0.4) is 0 Å². The molecule has 0 bridgehead atoms. The smallest absolute Gasteiger partial charge is 0.227 e. The molecular weight excluding hydrogens is 300 g/mol. The van der Waals surface area contributed by atoms with E-state index in [1.807, 2.05) is 24.3 Å². The number of carbonyl (C=O) groups is 1. The molecule has 0 spiro atoms. The highest BCUT2D eigenvalue weighted by Gasteiger charge is 2.17. The van der Waals surface area contributed by atoms with Crippen molar-refractivity contribution in [3.8, 4) is 11.4 Å². The lowest BCUT2D eigenvalue weighted by atomic mass is 10.0. The summed E-state index contributed by atoms with van der Waals surface area (Å²) >= 11 is 0. The first-order valence-electron chi connectivity index (χ1n) is 9.06. The number of amides is 1. The molecular formula is C19H26N4O. The molecule has 128 valence electrons. The van der Waals surface area contributed by atoms with Crippen LogP contribution in [-0.4, -0.2) is 20.7 Å². The van der Waals surface area contributed by atoms with Crippen LogP contribution in [0.4, 0.5) is 5.69 Å². The highest BCUT2D eigenvalue weighted by molar-refractivity contribution is 5.93. The molecule has 1 N–H and O–H groups in total. The standard InChI is InChI=1S/C19H26N4O/c1-3-14(4-2)19(24)20-16-10-8-9-15(13-16)18-22-21-17-11-6-5-7-12-23(17)18/h8-10,13-14H,3-7,11-12H2,1-2H3,(H,20,24). The summed E-state index contributed by atoms with van der Waals surface area (Å²) in [5, 5.41) is 11.8. The van der Waals surface area contributed by atoms with E-state index in [0.717, 1.165) is 48.7 Å². The molecule has 0 aliphatic carbocycles. The van der Waals surface area contributed by atoms with E-state index in [9.17, 15) is 4.79 Å². The predicted octanol–water partition coefficient (Wildman–Crippen LogP) is 4.05. The summed E-state index contributed by atoms with van der Waals surface area (Å²) < 4.78 is 2.23. The van der Waals surface area contributed by atoms with Gasteiger partial charge in [-0.15, -0.1) is 10.2 Å². The highest BCUT2D eigenvalue weighted by Crippen LogP contribution is 2.25. The average Bonchev–Trinajstić information content (AvgIpc) is 2.85. The highest BCUT2D eigenvalue weighted by atomic mass is 16.1. The normalized spacial score (nSPS) is 14.3. The van der Waals surface area contributed by atoms with Gasteiger partial charge >= 0.3 is 0 Å². The maximum Gasteiger partial charge on any atom is 0.227 e. The van der Waals surface area contributed by atoms with Crippen LogP contribution in [0.2, 0.25) is 0 Å². The zero-order chi connectivity index (χ0) is 16.9. The topological polar surface area (TPSA) is 59.8 Å². The Morgan fingerprint density at radius 1 is 1.21 bits per heavy atom. The Kier molecular flexibility index (Phi) is 5.28. The Hall–Kier alpha value is -2.17. The number of nitrogens with one attached hydrogen (secondary N) is 1. The van der Waals surface area contributed by atoms with Gasteiger partial charge in [-0.2, -0.15) is 0 Å². The first-order chi connectivity index (χ1) is 11.7. The monoisotopic (exact) mass is 326 g/mol. The quantitative estimate of drug-likeness (QED) is 0.902. The number of carbonyl (C=O) groups excluding carboxylic acids is 1. The summed E-state index contributed by atoms with van der Waals surface area (Å²) in [6.07, 6.45) is 6.32. The van der Waals surface area contributed by atoms with Crippen LogP contribution >= 0.6 is 0 Å². The summed E-state index contributed by atoms with van der Waals surface area (Å²) in [6, 6.07) is 7.94. The molecule has 1 amide bonds. The Labute approximate surface area is 143 Å². The lowest BCUT2D eigenvalue weighted by Crippen LogP contribution is -2.21. The molecule has 1 aliphatic rings. The van der Waals surface area contributed by atoms with Gasteiger partial charge in [0.15, 0.2) is 5.82 Å². The van der Waals surface area contributed by atoms with Crippen molar-refractivity contribution in [1.29, 1.82) is 0 Å². The summed E-state index contributed by atoms with van der Waals surface area (Å²) in [5.41, 5.74) is 1.84. The van der Waals surface area contributed by atoms with Crippen molar-refractivity contribution in [2.45, 2.75) is 58.9 Å². The van der Waals surface area contributed by atoms with E-state index in [2.05, 4.69) is 33.9 Å². The molecule has 1 aliphatic heterocycles. The number of hydrogen-bond donors (Lipinski definition) is 1. The summed E-state index contributed by atoms with van der Waals surface area (Å²) in [6.45, 7) is 5.08. The number of nitrogens with zero attached hydrogens (tertiary/aromatic N) is 3. The van der Waals surface area contributed by atoms with Crippen LogP contribution < -0.4 is 5.32 Å². The molecule has 0 saturated carbocycles. The summed E-state index contributed by atoms with van der Waals surface area (Å²) in [4.78, 5) is 12.3. The fraction of sp³-hybridized carbons (Fsp3) is 0.526. The van der Waals surface area contributed by atoms with Crippen LogP contribution in [0, 0.1) is 5.92 Å². The summed E-state index contributed by atoms with van der Waals surface area (Å²) in [5.74, 6) is 2.15. The van der Waals surface area contributed by atoms with Crippen molar-refractivity contribution in [3.05, 3.63) is 30.1 Å². The maximum atomic E-state index is 12.3. The first-order valence-corrected chi connectivity index (χ1v) is 9.06. The van der Waals surface area contributed by atoms with Crippen molar-refractivity contribution in [2.75, 3.05) is 5.32 Å². The molecule has 3 rings (SSSR count). The fourth-order valence-corrected chi connectivity index (χ4v) is 3.34. The van der Waals surface area contributed by atoms with Crippen LogP contribution in [0.15, 0.2) is 24.3 Å². The zero-order valence-electron chi connectivity index (χ0n) is 14.6. The zero-order valence-corrected chi connectivity index (χ0v) is 14.6. The third-order valence-corrected chi connectivity index (χ3v) is 4.85. The van der Waals surface area contributed by atoms with Gasteiger partial charge in [-0.05, 0) is 37.8 Å². The van der Waals surface area contributed by atoms with Crippen molar-refractivity contribution >= 4 is 11.6 Å². The van der Waals surface area contributed by atoms with Gasteiger partial charge in [0.25, 0.3) is 0 Å². The minimum Gasteiger partial charge on any atom is -0.326 e. The SMILES string of the molecule is CCC(CC)C(=O)Nc1cccc(-c2nnc3n2CCCCC3)c1. The second kappa shape index (κ2) is 7.60. The number of aromatic nitrogens is 3. The third kappa shape index (κ3) is 3.50. The minimum atomic E-state index is 0.0676. The van der Waals surface area contributed by atoms with E-state index in [-0.39, 0.29) is 11.8 Å². The maximum absolute atomic E-state index is 12.3. The van der Waals surface area contributed by atoms with Crippen LogP contribution in [0.25, 0.3) is 11.4 Å². The number of anilines is 1. The number of fused-ring (bicyclic) bond motifs is 1. The number of hydrogen-bond acceptors (Lipinski definition) is 3. The van der Waals surface area contributed by atoms with Gasteiger partial charge in [-0.25, -0.2) is 0 Å². The molecule has 2 heterocycles. The van der Waals surface area contributed by atoms with E-state index in [0.29, 0.717) is 0 Å². The molecule has 0 fully saturated rings. The largest absolute Gasteiger partial charge is 0.326 e. The molecule has 0 radical (unpaired) electrons. The Bertz CT molecular complexity index is 703. The van der Waals surface area contributed by atoms with Crippen molar-refractivity contribution < 1.29 is 4.79 Å². The number of rotatable bonds is 5. The number of benzene rings is 1. The fourth-order valence-electron chi connectivity index (χ4n) is 3.34. The summed E-state index contributed by atoms with van der Waals surface area (Å²) in [7, 11) is 0. The van der Waals surface area contributed by atoms with E-state index in [1.54, 1.807) is 0 Å². The van der Waals surface area contributed by atoms with Crippen molar-refractivity contribution in [2.24, 2.45) is 5.92 Å². The molecule has 5 heteroatoms. The number of aryl methyl sites for hydroxylation is 1. The lowest BCUT2D eigenvalue weighted by Gasteiger charge is -2.13. The van der Waals surface area contributed by atoms with E-state index in [4.69, 9.17) is 0 Å². The molecule has 0 unspecified atom stereocenters. The van der Waals surface area contributed by atoms with E-state index in [1.165, 1.54) is 19.3 Å². The van der Waals surface area contributed by atoms with Gasteiger partial charge in [0.1, 0.15) is 5.82 Å².